The number of carbonyl (C=O) groups is 2. The highest BCUT2D eigenvalue weighted by Gasteiger charge is 2.29. The minimum atomic E-state index is -0.169. The Kier molecular flexibility index (Phi) is 5.78. The van der Waals surface area contributed by atoms with Crippen LogP contribution in [0.5, 0.6) is 0 Å². The predicted octanol–water partition coefficient (Wildman–Crippen LogP) is 3.44. The van der Waals surface area contributed by atoms with E-state index in [0.29, 0.717) is 19.6 Å². The van der Waals surface area contributed by atoms with Crippen LogP contribution in [-0.4, -0.2) is 39.8 Å². The number of thiazole rings is 1. The monoisotopic (exact) mass is 412 g/mol. The number of rotatable bonds is 5. The van der Waals surface area contributed by atoms with E-state index >= 15 is 0 Å². The smallest absolute Gasteiger partial charge is 0.263 e. The molecule has 0 aromatic carbocycles. The van der Waals surface area contributed by atoms with Gasteiger partial charge >= 0.3 is 0 Å². The van der Waals surface area contributed by atoms with Gasteiger partial charge in [-0.1, -0.05) is 6.07 Å². The molecular formula is C20H20N4O2S2. The summed E-state index contributed by atoms with van der Waals surface area (Å²) < 4.78 is 0. The first-order valence-electron chi connectivity index (χ1n) is 9.16. The lowest BCUT2D eigenvalue weighted by Crippen LogP contribution is -2.45. The van der Waals surface area contributed by atoms with Crippen molar-refractivity contribution >= 4 is 34.5 Å². The highest BCUT2D eigenvalue weighted by atomic mass is 32.1. The summed E-state index contributed by atoms with van der Waals surface area (Å²) in [7, 11) is 0. The largest absolute Gasteiger partial charge is 0.349 e. The summed E-state index contributed by atoms with van der Waals surface area (Å²) in [4.78, 5) is 36.3. The zero-order valence-corrected chi connectivity index (χ0v) is 16.8. The van der Waals surface area contributed by atoms with E-state index in [2.05, 4.69) is 15.3 Å². The Hall–Kier alpha value is -2.58. The lowest BCUT2D eigenvalue weighted by atomic mass is 9.97. The lowest BCUT2D eigenvalue weighted by molar-refractivity contribution is -0.126. The zero-order valence-electron chi connectivity index (χ0n) is 15.2. The van der Waals surface area contributed by atoms with Crippen molar-refractivity contribution in [1.29, 1.82) is 0 Å². The highest BCUT2D eigenvalue weighted by Crippen LogP contribution is 2.23. The Bertz CT molecular complexity index is 940. The second-order valence-electron chi connectivity index (χ2n) is 6.65. The van der Waals surface area contributed by atoms with Gasteiger partial charge in [-0.3, -0.25) is 14.6 Å². The van der Waals surface area contributed by atoms with Crippen LogP contribution >= 0.6 is 22.7 Å². The number of piperidine rings is 1. The summed E-state index contributed by atoms with van der Waals surface area (Å²) >= 11 is 2.97. The van der Waals surface area contributed by atoms with Crippen molar-refractivity contribution in [2.45, 2.75) is 19.4 Å². The summed E-state index contributed by atoms with van der Waals surface area (Å²) in [6, 6.07) is 7.54. The molecule has 0 spiro atoms. The van der Waals surface area contributed by atoms with Crippen molar-refractivity contribution in [3.8, 4) is 11.3 Å². The molecule has 1 saturated heterocycles. The van der Waals surface area contributed by atoms with E-state index in [0.717, 1.165) is 34.0 Å². The first-order chi connectivity index (χ1) is 13.7. The molecule has 2 amide bonds. The van der Waals surface area contributed by atoms with E-state index in [1.54, 1.807) is 17.3 Å². The van der Waals surface area contributed by atoms with E-state index in [1.165, 1.54) is 22.7 Å². The minimum absolute atomic E-state index is 0.00987. The number of thiophene rings is 1. The third-order valence-electron chi connectivity index (χ3n) is 4.75. The Morgan fingerprint density at radius 1 is 1.21 bits per heavy atom. The molecule has 1 fully saturated rings. The average molecular weight is 413 g/mol. The molecule has 0 bridgehead atoms. The van der Waals surface area contributed by atoms with Crippen LogP contribution in [0.1, 0.15) is 27.5 Å². The molecule has 3 aromatic rings. The van der Waals surface area contributed by atoms with E-state index in [9.17, 15) is 9.59 Å². The van der Waals surface area contributed by atoms with Gasteiger partial charge in [-0.25, -0.2) is 4.98 Å². The second kappa shape index (κ2) is 8.62. The number of likely N-dealkylation sites (tertiary alicyclic amines) is 1. The predicted molar refractivity (Wildman–Crippen MR) is 110 cm³/mol. The Labute approximate surface area is 171 Å². The Balaban J connectivity index is 1.32. The minimum Gasteiger partial charge on any atom is -0.349 e. The number of amides is 2. The second-order valence-corrected chi connectivity index (χ2v) is 8.54. The third kappa shape index (κ3) is 4.28. The van der Waals surface area contributed by atoms with Crippen LogP contribution in [0.2, 0.25) is 0 Å². The fraction of sp³-hybridized carbons (Fsp3) is 0.300. The number of nitrogens with zero attached hydrogens (tertiary/aromatic N) is 3. The highest BCUT2D eigenvalue weighted by molar-refractivity contribution is 7.12. The molecule has 28 heavy (non-hydrogen) atoms. The lowest BCUT2D eigenvalue weighted by Gasteiger charge is -2.31. The van der Waals surface area contributed by atoms with Gasteiger partial charge in [0.15, 0.2) is 0 Å². The Morgan fingerprint density at radius 2 is 2.07 bits per heavy atom. The summed E-state index contributed by atoms with van der Waals surface area (Å²) in [5.74, 6) is -0.156. The van der Waals surface area contributed by atoms with Crippen molar-refractivity contribution in [1.82, 2.24) is 20.2 Å². The molecule has 1 atom stereocenters. The molecule has 144 valence electrons. The number of carbonyl (C=O) groups excluding carboxylic acids is 2. The molecule has 6 nitrogen and oxygen atoms in total. The number of aromatic nitrogens is 2. The van der Waals surface area contributed by atoms with Crippen molar-refractivity contribution in [3.63, 3.8) is 0 Å². The molecule has 1 aliphatic heterocycles. The molecule has 4 heterocycles. The van der Waals surface area contributed by atoms with E-state index in [1.807, 2.05) is 35.0 Å². The fourth-order valence-corrected chi connectivity index (χ4v) is 4.72. The number of hydrogen-bond acceptors (Lipinski definition) is 6. The van der Waals surface area contributed by atoms with E-state index < -0.39 is 0 Å². The average Bonchev–Trinajstić information content (AvgIpc) is 3.44. The van der Waals surface area contributed by atoms with E-state index in [4.69, 9.17) is 0 Å². The first kappa shape index (κ1) is 18.8. The summed E-state index contributed by atoms with van der Waals surface area (Å²) in [5, 5.41) is 7.74. The molecule has 0 saturated carbocycles. The van der Waals surface area contributed by atoms with Gasteiger partial charge in [0.05, 0.1) is 23.0 Å². The van der Waals surface area contributed by atoms with Crippen LogP contribution in [0.25, 0.3) is 11.3 Å². The number of nitrogens with one attached hydrogen (secondary N) is 1. The van der Waals surface area contributed by atoms with Crippen LogP contribution in [-0.2, 0) is 11.3 Å². The maximum atomic E-state index is 12.6. The fourth-order valence-electron chi connectivity index (χ4n) is 3.29. The van der Waals surface area contributed by atoms with Crippen LogP contribution in [0.15, 0.2) is 47.4 Å². The van der Waals surface area contributed by atoms with Gasteiger partial charge in [0.2, 0.25) is 5.91 Å². The van der Waals surface area contributed by atoms with Crippen LogP contribution in [0, 0.1) is 5.92 Å². The van der Waals surface area contributed by atoms with Crippen LogP contribution in [0.4, 0.5) is 0 Å². The number of hydrogen-bond donors (Lipinski definition) is 1. The molecular weight excluding hydrogens is 392 g/mol. The van der Waals surface area contributed by atoms with Crippen molar-refractivity contribution in [2.75, 3.05) is 13.1 Å². The topological polar surface area (TPSA) is 75.2 Å². The molecule has 0 aliphatic carbocycles. The van der Waals surface area contributed by atoms with Gasteiger partial charge in [-0.15, -0.1) is 22.7 Å². The molecule has 1 unspecified atom stereocenters. The summed E-state index contributed by atoms with van der Waals surface area (Å²) in [5.41, 5.74) is 1.90. The standard InChI is InChI=1S/C20H20N4O2S2/c25-19(15-3-1-9-24(12-15)20(26)17-4-2-10-27-17)22-11-18-23-16(13-28-18)14-5-7-21-8-6-14/h2,4-8,10,13,15H,1,3,9,11-12H2,(H,22,25). The third-order valence-corrected chi connectivity index (χ3v) is 6.46. The molecule has 8 heteroatoms. The molecule has 3 aromatic heterocycles. The van der Waals surface area contributed by atoms with Gasteiger partial charge in [0, 0.05) is 36.4 Å². The van der Waals surface area contributed by atoms with Crippen LogP contribution in [0.3, 0.4) is 0 Å². The van der Waals surface area contributed by atoms with Gasteiger partial charge in [0.1, 0.15) is 5.01 Å². The Morgan fingerprint density at radius 3 is 2.86 bits per heavy atom. The van der Waals surface area contributed by atoms with Crippen molar-refractivity contribution < 1.29 is 9.59 Å². The van der Waals surface area contributed by atoms with Gasteiger partial charge in [-0.05, 0) is 36.4 Å². The molecule has 4 rings (SSSR count). The van der Waals surface area contributed by atoms with Crippen molar-refractivity contribution in [3.05, 3.63) is 57.3 Å². The van der Waals surface area contributed by atoms with Gasteiger partial charge in [0.25, 0.3) is 5.91 Å². The van der Waals surface area contributed by atoms with E-state index in [-0.39, 0.29) is 17.7 Å². The van der Waals surface area contributed by atoms with Crippen LogP contribution < -0.4 is 5.32 Å². The normalized spacial score (nSPS) is 16.7. The first-order valence-corrected chi connectivity index (χ1v) is 10.9. The molecule has 1 N–H and O–H groups in total. The molecule has 1 aliphatic rings. The zero-order chi connectivity index (χ0) is 19.3. The maximum Gasteiger partial charge on any atom is 0.263 e. The summed E-state index contributed by atoms with van der Waals surface area (Å²) in [6.45, 7) is 1.59. The quantitative estimate of drug-likeness (QED) is 0.697. The maximum absolute atomic E-state index is 12.6. The van der Waals surface area contributed by atoms with Gasteiger partial charge in [-0.2, -0.15) is 0 Å². The summed E-state index contributed by atoms with van der Waals surface area (Å²) in [6.07, 6.45) is 5.13. The molecule has 0 radical (unpaired) electrons. The number of pyridine rings is 1. The SMILES string of the molecule is O=C(NCc1nc(-c2ccncc2)cs1)C1CCCN(C(=O)c2cccs2)C1. The van der Waals surface area contributed by atoms with Gasteiger partial charge < -0.3 is 10.2 Å². The van der Waals surface area contributed by atoms with Crippen molar-refractivity contribution in [2.24, 2.45) is 5.92 Å².